The Morgan fingerprint density at radius 2 is 1.70 bits per heavy atom. The van der Waals surface area contributed by atoms with E-state index >= 15 is 0 Å². The highest BCUT2D eigenvalue weighted by atomic mass is 19.1. The number of aryl methyl sites for hydroxylation is 1. The second-order valence-corrected chi connectivity index (χ2v) is 10.1. The predicted octanol–water partition coefficient (Wildman–Crippen LogP) is 6.16. The number of likely N-dealkylation sites (tertiary alicyclic amines) is 1. The molecule has 0 spiro atoms. The summed E-state index contributed by atoms with van der Waals surface area (Å²) in [5.74, 6) is -1.89. The minimum atomic E-state index is -0.909. The normalized spacial score (nSPS) is 15.8. The molecule has 1 aliphatic heterocycles. The largest absolute Gasteiger partial charge is 0.497 e. The highest BCUT2D eigenvalue weighted by Gasteiger charge is 2.33. The summed E-state index contributed by atoms with van der Waals surface area (Å²) < 4.78 is 60.0. The summed E-state index contributed by atoms with van der Waals surface area (Å²) in [6, 6.07) is 7.06. The smallest absolute Gasteiger partial charge is 0.132 e. The number of hydrogen-bond donors (Lipinski definition) is 1. The fourth-order valence-corrected chi connectivity index (χ4v) is 5.47. The van der Waals surface area contributed by atoms with Gasteiger partial charge in [-0.1, -0.05) is 0 Å². The van der Waals surface area contributed by atoms with E-state index in [9.17, 15) is 22.7 Å². The number of rotatable bonds is 11. The molecular weight excluding hydrogens is 484 g/mol. The zero-order chi connectivity index (χ0) is 26.4. The van der Waals surface area contributed by atoms with Gasteiger partial charge >= 0.3 is 0 Å². The molecule has 0 saturated carbocycles. The van der Waals surface area contributed by atoms with Crippen molar-refractivity contribution in [1.82, 2.24) is 9.88 Å². The molecule has 1 N–H and O–H groups in total. The van der Waals surface area contributed by atoms with Gasteiger partial charge in [0, 0.05) is 41.4 Å². The Bertz CT molecular complexity index is 1180. The zero-order valence-corrected chi connectivity index (χ0v) is 21.2. The lowest BCUT2D eigenvalue weighted by Gasteiger charge is -2.41. The van der Waals surface area contributed by atoms with E-state index in [1.54, 1.807) is 13.3 Å². The molecular formula is C29H34F4N2O2. The third kappa shape index (κ3) is 6.41. The number of alkyl halides is 1. The van der Waals surface area contributed by atoms with Crippen LogP contribution in [-0.4, -0.2) is 48.3 Å². The van der Waals surface area contributed by atoms with Crippen LogP contribution in [0.1, 0.15) is 48.8 Å². The number of piperidine rings is 1. The maximum absolute atomic E-state index is 13.9. The first-order valence-electron chi connectivity index (χ1n) is 12.8. The molecule has 1 saturated heterocycles. The van der Waals surface area contributed by atoms with Crippen molar-refractivity contribution in [2.24, 2.45) is 5.41 Å². The van der Waals surface area contributed by atoms with Crippen molar-refractivity contribution in [2.45, 2.75) is 51.6 Å². The van der Waals surface area contributed by atoms with Gasteiger partial charge in [-0.3, -0.25) is 4.98 Å². The van der Waals surface area contributed by atoms with Gasteiger partial charge in [0.2, 0.25) is 0 Å². The van der Waals surface area contributed by atoms with E-state index in [0.717, 1.165) is 67.4 Å². The van der Waals surface area contributed by atoms with Crippen LogP contribution in [0.5, 0.6) is 5.75 Å². The number of ether oxygens (including phenoxy) is 1. The number of benzene rings is 2. The summed E-state index contributed by atoms with van der Waals surface area (Å²) in [5, 5.41) is 11.2. The van der Waals surface area contributed by atoms with Crippen LogP contribution in [0.15, 0.2) is 36.5 Å². The summed E-state index contributed by atoms with van der Waals surface area (Å²) in [4.78, 5) is 6.63. The van der Waals surface area contributed by atoms with Gasteiger partial charge in [0.15, 0.2) is 0 Å². The Balaban J connectivity index is 1.32. The summed E-state index contributed by atoms with van der Waals surface area (Å²) >= 11 is 0. The van der Waals surface area contributed by atoms with Gasteiger partial charge in [-0.05, 0) is 93.8 Å². The Morgan fingerprint density at radius 1 is 1.00 bits per heavy atom. The molecule has 1 aromatic heterocycles. The van der Waals surface area contributed by atoms with Crippen molar-refractivity contribution >= 4 is 10.9 Å². The van der Waals surface area contributed by atoms with Crippen molar-refractivity contribution in [2.75, 3.05) is 33.4 Å². The van der Waals surface area contributed by atoms with E-state index in [2.05, 4.69) is 9.88 Å². The van der Waals surface area contributed by atoms with Gasteiger partial charge in [0.25, 0.3) is 0 Å². The summed E-state index contributed by atoms with van der Waals surface area (Å²) in [6.07, 6.45) is 6.35. The zero-order valence-electron chi connectivity index (χ0n) is 21.2. The van der Waals surface area contributed by atoms with Crippen molar-refractivity contribution in [3.63, 3.8) is 0 Å². The van der Waals surface area contributed by atoms with Gasteiger partial charge in [-0.2, -0.15) is 0 Å². The fourth-order valence-electron chi connectivity index (χ4n) is 5.47. The fraction of sp³-hybridized carbons (Fsp3) is 0.483. The SMILES string of the molecule is COc1ccc2ncc(CF)c(CCCC3(CO)CCN(CCCc4c(F)cc(F)cc4F)CC3)c2c1. The molecule has 1 fully saturated rings. The maximum atomic E-state index is 13.9. The van der Waals surface area contributed by atoms with Crippen LogP contribution in [0.4, 0.5) is 17.6 Å². The molecule has 1 aliphatic rings. The highest BCUT2D eigenvalue weighted by molar-refractivity contribution is 5.84. The lowest BCUT2D eigenvalue weighted by atomic mass is 9.75. The second kappa shape index (κ2) is 12.2. The van der Waals surface area contributed by atoms with Crippen molar-refractivity contribution in [3.05, 3.63) is 70.7 Å². The number of pyridine rings is 1. The third-order valence-electron chi connectivity index (χ3n) is 7.81. The van der Waals surface area contributed by atoms with E-state index in [1.807, 2.05) is 18.2 Å². The predicted molar refractivity (Wildman–Crippen MR) is 136 cm³/mol. The molecule has 4 nitrogen and oxygen atoms in total. The number of aromatic nitrogens is 1. The average Bonchev–Trinajstić information content (AvgIpc) is 2.90. The Labute approximate surface area is 215 Å². The van der Waals surface area contributed by atoms with Gasteiger partial charge in [-0.25, -0.2) is 17.6 Å². The number of fused-ring (bicyclic) bond motifs is 1. The third-order valence-corrected chi connectivity index (χ3v) is 7.81. The summed E-state index contributed by atoms with van der Waals surface area (Å²) in [6.45, 7) is 1.78. The Morgan fingerprint density at radius 3 is 2.35 bits per heavy atom. The monoisotopic (exact) mass is 518 g/mol. The van der Waals surface area contributed by atoms with E-state index in [0.29, 0.717) is 30.7 Å². The van der Waals surface area contributed by atoms with Crippen LogP contribution >= 0.6 is 0 Å². The first kappa shape index (κ1) is 27.3. The summed E-state index contributed by atoms with van der Waals surface area (Å²) in [5.41, 5.74) is 2.07. The maximum Gasteiger partial charge on any atom is 0.132 e. The van der Waals surface area contributed by atoms with Gasteiger partial charge in [0.1, 0.15) is 29.9 Å². The summed E-state index contributed by atoms with van der Waals surface area (Å²) in [7, 11) is 1.60. The molecule has 0 aliphatic carbocycles. The Hall–Kier alpha value is -2.71. The van der Waals surface area contributed by atoms with Crippen molar-refractivity contribution in [3.8, 4) is 5.75 Å². The first-order chi connectivity index (χ1) is 17.9. The Kier molecular flexibility index (Phi) is 9.03. The van der Waals surface area contributed by atoms with Gasteiger partial charge in [-0.15, -0.1) is 0 Å². The first-order valence-corrected chi connectivity index (χ1v) is 12.8. The van der Waals surface area contributed by atoms with Crippen LogP contribution in [0.3, 0.4) is 0 Å². The van der Waals surface area contributed by atoms with E-state index < -0.39 is 24.1 Å². The molecule has 2 heterocycles. The minimum absolute atomic E-state index is 0.0722. The second-order valence-electron chi connectivity index (χ2n) is 10.1. The molecule has 4 rings (SSSR count). The number of aliphatic hydroxyl groups excluding tert-OH is 1. The van der Waals surface area contributed by atoms with Crippen LogP contribution in [0.2, 0.25) is 0 Å². The molecule has 0 atom stereocenters. The standard InChI is InChI=1S/C29H34F4N2O2/c1-37-22-6-7-28-25(16-22)23(20(17-30)18-34-28)4-2-8-29(19-36)9-12-35(13-10-29)11-3-5-24-26(32)14-21(31)15-27(24)33/h6-7,14-16,18,36H,2-5,8-13,17,19H2,1H3. The molecule has 200 valence electrons. The lowest BCUT2D eigenvalue weighted by Crippen LogP contribution is -2.42. The number of nitrogens with zero attached hydrogens (tertiary/aromatic N) is 2. The molecule has 0 radical (unpaired) electrons. The molecule has 3 aromatic rings. The van der Waals surface area contributed by atoms with E-state index in [-0.39, 0.29) is 24.0 Å². The van der Waals surface area contributed by atoms with Crippen LogP contribution in [0.25, 0.3) is 10.9 Å². The van der Waals surface area contributed by atoms with Crippen LogP contribution in [-0.2, 0) is 19.5 Å². The lowest BCUT2D eigenvalue weighted by molar-refractivity contribution is 0.0353. The quantitative estimate of drug-likeness (QED) is 0.309. The van der Waals surface area contributed by atoms with Crippen LogP contribution in [0, 0.1) is 22.9 Å². The minimum Gasteiger partial charge on any atom is -0.497 e. The van der Waals surface area contributed by atoms with Gasteiger partial charge in [0.05, 0.1) is 12.6 Å². The molecule has 0 unspecified atom stereocenters. The number of methoxy groups -OCH3 is 1. The van der Waals surface area contributed by atoms with E-state index in [4.69, 9.17) is 4.74 Å². The highest BCUT2D eigenvalue weighted by Crippen LogP contribution is 2.37. The molecule has 0 amide bonds. The molecule has 37 heavy (non-hydrogen) atoms. The average molecular weight is 519 g/mol. The molecule has 8 heteroatoms. The van der Waals surface area contributed by atoms with Crippen LogP contribution < -0.4 is 4.74 Å². The van der Waals surface area contributed by atoms with E-state index in [1.165, 1.54) is 0 Å². The van der Waals surface area contributed by atoms with Gasteiger partial charge < -0.3 is 14.7 Å². The topological polar surface area (TPSA) is 45.6 Å². The van der Waals surface area contributed by atoms with Crippen molar-refractivity contribution in [1.29, 1.82) is 0 Å². The number of hydrogen-bond acceptors (Lipinski definition) is 4. The molecule has 0 bridgehead atoms. The number of aliphatic hydroxyl groups is 1. The number of halogens is 4. The molecule has 2 aromatic carbocycles. The van der Waals surface area contributed by atoms with Crippen molar-refractivity contribution < 1.29 is 27.4 Å².